The van der Waals surface area contributed by atoms with Gasteiger partial charge in [0.15, 0.2) is 0 Å². The minimum absolute atomic E-state index is 0. The van der Waals surface area contributed by atoms with Crippen LogP contribution in [0.5, 0.6) is 0 Å². The lowest BCUT2D eigenvalue weighted by molar-refractivity contribution is 0.0676. The average molecular weight is 292 g/mol. The van der Waals surface area contributed by atoms with E-state index in [9.17, 15) is 4.79 Å². The van der Waals surface area contributed by atoms with Gasteiger partial charge in [-0.2, -0.15) is 0 Å². The van der Waals surface area contributed by atoms with Gasteiger partial charge in [-0.3, -0.25) is 4.79 Å². The molecule has 0 radical (unpaired) electrons. The smallest absolute Gasteiger partial charge is 0.270 e. The molecule has 0 aliphatic carbocycles. The number of amides is 1. The monoisotopic (exact) mass is 291 g/mol. The van der Waals surface area contributed by atoms with Gasteiger partial charge >= 0.3 is 0 Å². The number of hydrogen-bond acceptors (Lipinski definition) is 2. The summed E-state index contributed by atoms with van der Waals surface area (Å²) in [7, 11) is 0. The van der Waals surface area contributed by atoms with Gasteiger partial charge < -0.3 is 15.6 Å². The number of aromatic amines is 1. The highest BCUT2D eigenvalue weighted by Crippen LogP contribution is 2.21. The van der Waals surface area contributed by atoms with Crippen LogP contribution in [0.4, 0.5) is 0 Å². The lowest BCUT2D eigenvalue weighted by Crippen LogP contribution is -2.42. The molecule has 3 N–H and O–H groups in total. The van der Waals surface area contributed by atoms with Crippen LogP contribution in [0.1, 0.15) is 30.3 Å². The number of likely N-dealkylation sites (tertiary alicyclic amines) is 1. The number of rotatable bonds is 2. The minimum atomic E-state index is 0. The predicted octanol–water partition coefficient (Wildman–Crippen LogP) is 2.29. The molecule has 0 aromatic carbocycles. The standard InChI is InChI=1S/C12H18ClN3O.ClH/c1-8(14)9-2-4-16(5-3-9)12(17)11-6-10(13)7-15-11;/h6-9,15H,2-5,14H2,1H3;1H. The van der Waals surface area contributed by atoms with E-state index in [0.717, 1.165) is 25.9 Å². The molecule has 2 heterocycles. The van der Waals surface area contributed by atoms with Gasteiger partial charge in [-0.25, -0.2) is 0 Å². The van der Waals surface area contributed by atoms with E-state index in [1.165, 1.54) is 0 Å². The Hall–Kier alpha value is -0.710. The van der Waals surface area contributed by atoms with Crippen molar-refractivity contribution < 1.29 is 4.79 Å². The molecule has 1 amide bonds. The molecule has 0 saturated carbocycles. The molecular formula is C12H19Cl2N3O. The SMILES string of the molecule is CC(N)C1CCN(C(=O)c2cc(Cl)c[nH]2)CC1.Cl. The third kappa shape index (κ3) is 3.40. The predicted molar refractivity (Wildman–Crippen MR) is 75.3 cm³/mol. The van der Waals surface area contributed by atoms with Gasteiger partial charge in [-0.05, 0) is 31.7 Å². The van der Waals surface area contributed by atoms with Crippen molar-refractivity contribution in [3.63, 3.8) is 0 Å². The molecule has 6 heteroatoms. The summed E-state index contributed by atoms with van der Waals surface area (Å²) in [5.74, 6) is 0.561. The second-order valence-electron chi connectivity index (χ2n) is 4.72. The van der Waals surface area contributed by atoms with E-state index >= 15 is 0 Å². The molecule has 1 aromatic heterocycles. The van der Waals surface area contributed by atoms with E-state index in [4.69, 9.17) is 17.3 Å². The van der Waals surface area contributed by atoms with Crippen LogP contribution in [-0.2, 0) is 0 Å². The summed E-state index contributed by atoms with van der Waals surface area (Å²) in [6.45, 7) is 3.59. The largest absolute Gasteiger partial charge is 0.356 e. The molecule has 102 valence electrons. The summed E-state index contributed by atoms with van der Waals surface area (Å²) >= 11 is 5.79. The highest BCUT2D eigenvalue weighted by atomic mass is 35.5. The summed E-state index contributed by atoms with van der Waals surface area (Å²) in [5, 5.41) is 0.568. The Morgan fingerprint density at radius 1 is 1.56 bits per heavy atom. The third-order valence-electron chi connectivity index (χ3n) is 3.45. The molecular weight excluding hydrogens is 273 g/mol. The zero-order chi connectivity index (χ0) is 12.4. The van der Waals surface area contributed by atoms with Crippen molar-refractivity contribution in [2.75, 3.05) is 13.1 Å². The van der Waals surface area contributed by atoms with E-state index in [2.05, 4.69) is 4.98 Å². The van der Waals surface area contributed by atoms with E-state index in [1.54, 1.807) is 12.3 Å². The van der Waals surface area contributed by atoms with Crippen LogP contribution in [-0.4, -0.2) is 34.9 Å². The maximum absolute atomic E-state index is 12.1. The molecule has 1 fully saturated rings. The molecule has 2 rings (SSSR count). The summed E-state index contributed by atoms with van der Waals surface area (Å²) in [6, 6.07) is 1.88. The number of aromatic nitrogens is 1. The van der Waals surface area contributed by atoms with Crippen molar-refractivity contribution in [2.24, 2.45) is 11.7 Å². The van der Waals surface area contributed by atoms with E-state index in [-0.39, 0.29) is 24.4 Å². The Balaban J connectivity index is 0.00000162. The van der Waals surface area contributed by atoms with Gasteiger partial charge in [0.25, 0.3) is 5.91 Å². The second kappa shape index (κ2) is 6.45. The van der Waals surface area contributed by atoms with Crippen LogP contribution in [0, 0.1) is 5.92 Å². The lowest BCUT2D eigenvalue weighted by Gasteiger charge is -2.33. The fourth-order valence-corrected chi connectivity index (χ4v) is 2.45. The summed E-state index contributed by atoms with van der Waals surface area (Å²) < 4.78 is 0. The second-order valence-corrected chi connectivity index (χ2v) is 5.16. The number of H-pyrrole nitrogens is 1. The quantitative estimate of drug-likeness (QED) is 0.878. The van der Waals surface area contributed by atoms with Crippen LogP contribution in [0.25, 0.3) is 0 Å². The van der Waals surface area contributed by atoms with E-state index in [0.29, 0.717) is 16.6 Å². The number of nitrogens with one attached hydrogen (secondary N) is 1. The Morgan fingerprint density at radius 3 is 2.61 bits per heavy atom. The topological polar surface area (TPSA) is 62.1 Å². The highest BCUT2D eigenvalue weighted by Gasteiger charge is 2.25. The Morgan fingerprint density at radius 2 is 2.17 bits per heavy atom. The first-order valence-corrected chi connectivity index (χ1v) is 6.34. The van der Waals surface area contributed by atoms with Gasteiger partial charge in [0.2, 0.25) is 0 Å². The Bertz CT molecular complexity index is 398. The molecule has 1 unspecified atom stereocenters. The molecule has 0 spiro atoms. The first-order chi connectivity index (χ1) is 8.08. The van der Waals surface area contributed by atoms with Crippen molar-refractivity contribution in [2.45, 2.75) is 25.8 Å². The number of carbonyl (C=O) groups excluding carboxylic acids is 1. The number of halogens is 2. The average Bonchev–Trinajstić information content (AvgIpc) is 2.75. The zero-order valence-corrected chi connectivity index (χ0v) is 11.9. The van der Waals surface area contributed by atoms with Gasteiger partial charge in [0, 0.05) is 25.3 Å². The van der Waals surface area contributed by atoms with Gasteiger partial charge in [-0.15, -0.1) is 12.4 Å². The van der Waals surface area contributed by atoms with Crippen LogP contribution in [0.15, 0.2) is 12.3 Å². The fraction of sp³-hybridized carbons (Fsp3) is 0.583. The summed E-state index contributed by atoms with van der Waals surface area (Å²) in [5.41, 5.74) is 6.44. The van der Waals surface area contributed by atoms with Crippen molar-refractivity contribution in [1.29, 1.82) is 0 Å². The highest BCUT2D eigenvalue weighted by molar-refractivity contribution is 6.30. The molecule has 1 saturated heterocycles. The zero-order valence-electron chi connectivity index (χ0n) is 10.4. The molecule has 4 nitrogen and oxygen atoms in total. The van der Waals surface area contributed by atoms with Crippen molar-refractivity contribution >= 4 is 29.9 Å². The fourth-order valence-electron chi connectivity index (χ4n) is 2.29. The first-order valence-electron chi connectivity index (χ1n) is 5.96. The Kier molecular flexibility index (Phi) is 5.50. The number of carbonyl (C=O) groups is 1. The first kappa shape index (κ1) is 15.3. The molecule has 1 atom stereocenters. The summed E-state index contributed by atoms with van der Waals surface area (Å²) in [6.07, 6.45) is 3.60. The lowest BCUT2D eigenvalue weighted by atomic mass is 9.91. The van der Waals surface area contributed by atoms with Crippen LogP contribution >= 0.6 is 24.0 Å². The van der Waals surface area contributed by atoms with Gasteiger partial charge in [-0.1, -0.05) is 11.6 Å². The van der Waals surface area contributed by atoms with Crippen molar-refractivity contribution in [3.8, 4) is 0 Å². The maximum Gasteiger partial charge on any atom is 0.270 e. The molecule has 0 bridgehead atoms. The van der Waals surface area contributed by atoms with Crippen molar-refractivity contribution in [3.05, 3.63) is 23.0 Å². The number of piperidine rings is 1. The van der Waals surface area contributed by atoms with Crippen molar-refractivity contribution in [1.82, 2.24) is 9.88 Å². The minimum Gasteiger partial charge on any atom is -0.356 e. The van der Waals surface area contributed by atoms with Gasteiger partial charge in [0.05, 0.1) is 5.02 Å². The van der Waals surface area contributed by atoms with Crippen LogP contribution in [0.2, 0.25) is 5.02 Å². The van der Waals surface area contributed by atoms with E-state index in [1.807, 2.05) is 11.8 Å². The van der Waals surface area contributed by atoms with Gasteiger partial charge in [0.1, 0.15) is 5.69 Å². The molecule has 1 aliphatic heterocycles. The normalized spacial score (nSPS) is 18.3. The van der Waals surface area contributed by atoms with E-state index < -0.39 is 0 Å². The molecule has 1 aliphatic rings. The Labute approximate surface area is 118 Å². The maximum atomic E-state index is 12.1. The molecule has 1 aromatic rings. The van der Waals surface area contributed by atoms with Crippen LogP contribution in [0.3, 0.4) is 0 Å². The number of nitrogens with zero attached hydrogens (tertiary/aromatic N) is 1. The third-order valence-corrected chi connectivity index (χ3v) is 3.67. The summed E-state index contributed by atoms with van der Waals surface area (Å²) in [4.78, 5) is 16.8. The number of hydrogen-bond donors (Lipinski definition) is 2. The molecule has 18 heavy (non-hydrogen) atoms. The van der Waals surface area contributed by atoms with Crippen LogP contribution < -0.4 is 5.73 Å². The number of nitrogens with two attached hydrogens (primary N) is 1.